The predicted molar refractivity (Wildman–Crippen MR) is 75.1 cm³/mol. The van der Waals surface area contributed by atoms with Gasteiger partial charge in [-0.2, -0.15) is 0 Å². The first-order valence-electron chi connectivity index (χ1n) is 6.23. The summed E-state index contributed by atoms with van der Waals surface area (Å²) in [5.41, 5.74) is 0.387. The molecule has 0 aromatic heterocycles. The van der Waals surface area contributed by atoms with Gasteiger partial charge in [-0.3, -0.25) is 4.79 Å². The molecule has 1 aliphatic heterocycles. The quantitative estimate of drug-likeness (QED) is 0.848. The second-order valence-corrected chi connectivity index (χ2v) is 5.94. The molecule has 1 unspecified atom stereocenters. The molecule has 1 aromatic carbocycles. The molecular formula is C14H19ClN2O. The van der Waals surface area contributed by atoms with E-state index in [2.05, 4.69) is 12.2 Å². The van der Waals surface area contributed by atoms with E-state index in [0.717, 1.165) is 18.8 Å². The van der Waals surface area contributed by atoms with E-state index >= 15 is 0 Å². The Morgan fingerprint density at radius 3 is 2.56 bits per heavy atom. The molecule has 98 valence electrons. The van der Waals surface area contributed by atoms with Gasteiger partial charge >= 0.3 is 0 Å². The summed E-state index contributed by atoms with van der Waals surface area (Å²) in [6.45, 7) is 7.58. The van der Waals surface area contributed by atoms with E-state index in [0.29, 0.717) is 10.9 Å². The van der Waals surface area contributed by atoms with Gasteiger partial charge in [0.1, 0.15) is 0 Å². The summed E-state index contributed by atoms with van der Waals surface area (Å²) < 4.78 is 0. The molecular weight excluding hydrogens is 248 g/mol. The Labute approximate surface area is 113 Å². The largest absolute Gasteiger partial charge is 0.311 e. The van der Waals surface area contributed by atoms with Crippen molar-refractivity contribution in [2.45, 2.75) is 26.3 Å². The van der Waals surface area contributed by atoms with Gasteiger partial charge in [-0.25, -0.2) is 0 Å². The first kappa shape index (κ1) is 13.4. The van der Waals surface area contributed by atoms with Crippen LogP contribution in [0.25, 0.3) is 0 Å². The van der Waals surface area contributed by atoms with Crippen molar-refractivity contribution in [1.82, 2.24) is 5.32 Å². The van der Waals surface area contributed by atoms with E-state index < -0.39 is 5.54 Å². The predicted octanol–water partition coefficient (Wildman–Crippen LogP) is 2.69. The third kappa shape index (κ3) is 2.68. The first-order valence-corrected chi connectivity index (χ1v) is 6.60. The fraction of sp³-hybridized carbons (Fsp3) is 0.500. The van der Waals surface area contributed by atoms with Gasteiger partial charge in [-0.1, -0.05) is 18.5 Å². The van der Waals surface area contributed by atoms with Crippen molar-refractivity contribution in [3.8, 4) is 0 Å². The molecule has 1 saturated heterocycles. The summed E-state index contributed by atoms with van der Waals surface area (Å²) in [5.74, 6) is 0.528. The van der Waals surface area contributed by atoms with Crippen molar-refractivity contribution in [2.75, 3.05) is 18.0 Å². The van der Waals surface area contributed by atoms with Crippen LogP contribution in [0.15, 0.2) is 24.3 Å². The van der Waals surface area contributed by atoms with Gasteiger partial charge in [-0.05, 0) is 44.0 Å². The number of hydrogen-bond donors (Lipinski definition) is 1. The fourth-order valence-corrected chi connectivity index (χ4v) is 2.27. The van der Waals surface area contributed by atoms with E-state index in [1.807, 2.05) is 43.0 Å². The maximum atomic E-state index is 12.5. The van der Waals surface area contributed by atoms with E-state index in [1.165, 1.54) is 0 Å². The van der Waals surface area contributed by atoms with Crippen LogP contribution in [0.1, 0.15) is 20.8 Å². The Hall–Kier alpha value is -1.06. The SMILES string of the molecule is CC1CNC(C)(C)C(=O)N(c2ccc(Cl)cc2)C1. The number of rotatable bonds is 1. The number of halogens is 1. The second-order valence-electron chi connectivity index (χ2n) is 5.50. The summed E-state index contributed by atoms with van der Waals surface area (Å²) in [6.07, 6.45) is 0. The van der Waals surface area contributed by atoms with Gasteiger partial charge in [0, 0.05) is 23.8 Å². The molecule has 1 aromatic rings. The molecule has 18 heavy (non-hydrogen) atoms. The molecule has 1 fully saturated rings. The molecule has 1 amide bonds. The van der Waals surface area contributed by atoms with Crippen LogP contribution in [0.3, 0.4) is 0 Å². The number of anilines is 1. The highest BCUT2D eigenvalue weighted by Gasteiger charge is 2.36. The third-order valence-corrected chi connectivity index (χ3v) is 3.56. The molecule has 0 spiro atoms. The monoisotopic (exact) mass is 266 g/mol. The highest BCUT2D eigenvalue weighted by atomic mass is 35.5. The van der Waals surface area contributed by atoms with Crippen molar-refractivity contribution in [1.29, 1.82) is 0 Å². The van der Waals surface area contributed by atoms with Gasteiger partial charge in [-0.15, -0.1) is 0 Å². The summed E-state index contributed by atoms with van der Waals surface area (Å²) in [5, 5.41) is 4.00. The minimum Gasteiger partial charge on any atom is -0.311 e. The Balaban J connectivity index is 2.34. The van der Waals surface area contributed by atoms with Crippen LogP contribution in [0.4, 0.5) is 5.69 Å². The van der Waals surface area contributed by atoms with Crippen LogP contribution < -0.4 is 10.2 Å². The Kier molecular flexibility index (Phi) is 3.64. The van der Waals surface area contributed by atoms with E-state index in [4.69, 9.17) is 11.6 Å². The van der Waals surface area contributed by atoms with Gasteiger partial charge in [0.2, 0.25) is 5.91 Å². The van der Waals surface area contributed by atoms with Crippen LogP contribution in [-0.2, 0) is 4.79 Å². The topological polar surface area (TPSA) is 32.3 Å². The Bertz CT molecular complexity index is 442. The molecule has 2 rings (SSSR count). The van der Waals surface area contributed by atoms with Crippen molar-refractivity contribution in [2.24, 2.45) is 5.92 Å². The third-order valence-electron chi connectivity index (χ3n) is 3.30. The molecule has 3 nitrogen and oxygen atoms in total. The lowest BCUT2D eigenvalue weighted by Crippen LogP contribution is -2.51. The molecule has 1 aliphatic rings. The molecule has 0 aliphatic carbocycles. The zero-order valence-corrected chi connectivity index (χ0v) is 11.8. The normalized spacial score (nSPS) is 23.9. The summed E-state index contributed by atoms with van der Waals surface area (Å²) >= 11 is 5.89. The van der Waals surface area contributed by atoms with Crippen LogP contribution in [-0.4, -0.2) is 24.5 Å². The van der Waals surface area contributed by atoms with Gasteiger partial charge in [0.05, 0.1) is 5.54 Å². The number of carbonyl (C=O) groups is 1. The Morgan fingerprint density at radius 2 is 1.94 bits per heavy atom. The minimum absolute atomic E-state index is 0.106. The number of nitrogens with zero attached hydrogens (tertiary/aromatic N) is 1. The standard InChI is InChI=1S/C14H19ClN2O/c1-10-8-16-14(2,3)13(18)17(9-10)12-6-4-11(15)5-7-12/h4-7,10,16H,8-9H2,1-3H3. The molecule has 0 saturated carbocycles. The summed E-state index contributed by atoms with van der Waals surface area (Å²) in [7, 11) is 0. The van der Waals surface area contributed by atoms with E-state index in [9.17, 15) is 4.79 Å². The molecule has 0 radical (unpaired) electrons. The molecule has 1 heterocycles. The first-order chi connectivity index (χ1) is 8.40. The lowest BCUT2D eigenvalue weighted by molar-refractivity contribution is -0.123. The maximum absolute atomic E-state index is 12.5. The van der Waals surface area contributed by atoms with Crippen LogP contribution in [0.5, 0.6) is 0 Å². The lowest BCUT2D eigenvalue weighted by Gasteiger charge is -2.29. The zero-order valence-electron chi connectivity index (χ0n) is 11.0. The molecule has 1 N–H and O–H groups in total. The number of hydrogen-bond acceptors (Lipinski definition) is 2. The Morgan fingerprint density at radius 1 is 1.33 bits per heavy atom. The van der Waals surface area contributed by atoms with Crippen molar-refractivity contribution < 1.29 is 4.79 Å². The minimum atomic E-state index is -0.523. The summed E-state index contributed by atoms with van der Waals surface area (Å²) in [4.78, 5) is 14.4. The second kappa shape index (κ2) is 4.90. The highest BCUT2D eigenvalue weighted by Crippen LogP contribution is 2.24. The average Bonchev–Trinajstić information content (AvgIpc) is 2.42. The number of amides is 1. The lowest BCUT2D eigenvalue weighted by atomic mass is 10.0. The summed E-state index contributed by atoms with van der Waals surface area (Å²) in [6, 6.07) is 7.43. The van der Waals surface area contributed by atoms with Crippen molar-refractivity contribution in [3.63, 3.8) is 0 Å². The highest BCUT2D eigenvalue weighted by molar-refractivity contribution is 6.30. The van der Waals surface area contributed by atoms with Crippen LogP contribution in [0, 0.1) is 5.92 Å². The van der Waals surface area contributed by atoms with E-state index in [-0.39, 0.29) is 5.91 Å². The van der Waals surface area contributed by atoms with Gasteiger partial charge in [0.15, 0.2) is 0 Å². The van der Waals surface area contributed by atoms with Crippen LogP contribution >= 0.6 is 11.6 Å². The van der Waals surface area contributed by atoms with Crippen molar-refractivity contribution >= 4 is 23.2 Å². The van der Waals surface area contributed by atoms with Crippen molar-refractivity contribution in [3.05, 3.63) is 29.3 Å². The average molecular weight is 267 g/mol. The molecule has 1 atom stereocenters. The van der Waals surface area contributed by atoms with Gasteiger partial charge in [0.25, 0.3) is 0 Å². The fourth-order valence-electron chi connectivity index (χ4n) is 2.15. The molecule has 4 heteroatoms. The van der Waals surface area contributed by atoms with Crippen LogP contribution in [0.2, 0.25) is 5.02 Å². The maximum Gasteiger partial charge on any atom is 0.246 e. The zero-order chi connectivity index (χ0) is 13.3. The smallest absolute Gasteiger partial charge is 0.246 e. The molecule has 0 bridgehead atoms. The number of carbonyl (C=O) groups excluding carboxylic acids is 1. The van der Waals surface area contributed by atoms with Gasteiger partial charge < -0.3 is 10.2 Å². The number of benzene rings is 1. The van der Waals surface area contributed by atoms with E-state index in [1.54, 1.807) is 0 Å². The number of nitrogens with one attached hydrogen (secondary N) is 1.